The van der Waals surface area contributed by atoms with Gasteiger partial charge in [0.15, 0.2) is 0 Å². The van der Waals surface area contributed by atoms with Gasteiger partial charge in [0, 0.05) is 6.42 Å². The second-order valence-electron chi connectivity index (χ2n) is 9.72. The van der Waals surface area contributed by atoms with E-state index < -0.39 is 47.9 Å². The number of thioether (sulfide) groups is 1. The van der Waals surface area contributed by atoms with Gasteiger partial charge < -0.3 is 31.9 Å². The van der Waals surface area contributed by atoms with Crippen molar-refractivity contribution in [2.45, 2.75) is 77.5 Å². The van der Waals surface area contributed by atoms with E-state index in [1.165, 1.54) is 12.1 Å². The Labute approximate surface area is 223 Å². The van der Waals surface area contributed by atoms with E-state index in [1.54, 1.807) is 23.9 Å². The molecule has 0 heterocycles. The number of carboxylic acid groups (broad SMARTS) is 1. The molecule has 208 valence electrons. The number of hydrogen-bond donors (Lipinski definition) is 6. The Morgan fingerprint density at radius 1 is 0.946 bits per heavy atom. The molecule has 0 saturated carbocycles. The Morgan fingerprint density at radius 2 is 1.54 bits per heavy atom. The molecule has 7 N–H and O–H groups in total. The number of carbonyl (C=O) groups excluding carboxylic acids is 3. The van der Waals surface area contributed by atoms with Gasteiger partial charge in [-0.25, -0.2) is 4.79 Å². The highest BCUT2D eigenvalue weighted by molar-refractivity contribution is 7.98. The number of aromatic hydroxyl groups is 1. The van der Waals surface area contributed by atoms with Crippen molar-refractivity contribution in [3.63, 3.8) is 0 Å². The first-order chi connectivity index (χ1) is 17.4. The molecule has 0 aliphatic rings. The van der Waals surface area contributed by atoms with E-state index in [2.05, 4.69) is 16.0 Å². The minimum atomic E-state index is -1.17. The topological polar surface area (TPSA) is 171 Å². The van der Waals surface area contributed by atoms with Crippen molar-refractivity contribution in [2.75, 3.05) is 12.0 Å². The molecule has 1 aromatic carbocycles. The molecule has 1 aromatic rings. The number of nitrogens with one attached hydrogen (secondary N) is 3. The van der Waals surface area contributed by atoms with Crippen molar-refractivity contribution in [3.05, 3.63) is 29.8 Å². The molecular formula is C26H42N4O6S. The van der Waals surface area contributed by atoms with Crippen LogP contribution < -0.4 is 21.7 Å². The fraction of sp³-hybridized carbons (Fsp3) is 0.615. The van der Waals surface area contributed by atoms with Crippen molar-refractivity contribution in [2.24, 2.45) is 17.6 Å². The van der Waals surface area contributed by atoms with Crippen molar-refractivity contribution in [3.8, 4) is 5.75 Å². The minimum Gasteiger partial charge on any atom is -0.508 e. The molecular weight excluding hydrogens is 496 g/mol. The van der Waals surface area contributed by atoms with Crippen LogP contribution in [-0.4, -0.2) is 70.1 Å². The maximum atomic E-state index is 13.4. The maximum Gasteiger partial charge on any atom is 0.326 e. The molecule has 11 heteroatoms. The molecule has 10 nitrogen and oxygen atoms in total. The van der Waals surface area contributed by atoms with Gasteiger partial charge in [-0.15, -0.1) is 0 Å². The van der Waals surface area contributed by atoms with Crippen LogP contribution in [0.15, 0.2) is 24.3 Å². The average molecular weight is 539 g/mol. The van der Waals surface area contributed by atoms with Crippen molar-refractivity contribution < 1.29 is 29.4 Å². The predicted octanol–water partition coefficient (Wildman–Crippen LogP) is 1.65. The summed E-state index contributed by atoms with van der Waals surface area (Å²) in [5.41, 5.74) is 6.63. The van der Waals surface area contributed by atoms with Gasteiger partial charge in [-0.2, -0.15) is 11.8 Å². The molecule has 0 radical (unpaired) electrons. The zero-order valence-corrected chi connectivity index (χ0v) is 23.1. The molecule has 1 rings (SSSR count). The molecule has 3 amide bonds. The number of aliphatic carboxylic acids is 1. The number of rotatable bonds is 16. The largest absolute Gasteiger partial charge is 0.508 e. The number of carboxylic acids is 1. The van der Waals surface area contributed by atoms with Crippen LogP contribution in [0.1, 0.15) is 52.5 Å². The fourth-order valence-electron chi connectivity index (χ4n) is 3.64. The number of benzene rings is 1. The summed E-state index contributed by atoms with van der Waals surface area (Å²) in [6.45, 7) is 7.40. The van der Waals surface area contributed by atoms with Gasteiger partial charge in [0.25, 0.3) is 0 Å². The van der Waals surface area contributed by atoms with Crippen molar-refractivity contribution >= 4 is 35.5 Å². The van der Waals surface area contributed by atoms with Crippen LogP contribution >= 0.6 is 11.8 Å². The highest BCUT2D eigenvalue weighted by atomic mass is 32.2. The highest BCUT2D eigenvalue weighted by Gasteiger charge is 2.32. The summed E-state index contributed by atoms with van der Waals surface area (Å²) in [5, 5.41) is 27.1. The summed E-state index contributed by atoms with van der Waals surface area (Å²) in [6, 6.07) is 2.22. The zero-order chi connectivity index (χ0) is 28.1. The summed E-state index contributed by atoms with van der Waals surface area (Å²) < 4.78 is 0. The van der Waals surface area contributed by atoms with Gasteiger partial charge in [-0.05, 0) is 54.4 Å². The Morgan fingerprint density at radius 3 is 2.05 bits per heavy atom. The van der Waals surface area contributed by atoms with E-state index >= 15 is 0 Å². The normalized spacial score (nSPS) is 15.2. The second kappa shape index (κ2) is 16.1. The Bertz CT molecular complexity index is 896. The number of carbonyl (C=O) groups is 4. The number of nitrogens with two attached hydrogens (primary N) is 1. The Kier molecular flexibility index (Phi) is 14.1. The van der Waals surface area contributed by atoms with Gasteiger partial charge in [0.05, 0.1) is 6.04 Å². The lowest BCUT2D eigenvalue weighted by molar-refractivity contribution is -0.142. The number of phenols is 1. The third-order valence-electron chi connectivity index (χ3n) is 6.09. The molecule has 37 heavy (non-hydrogen) atoms. The molecule has 0 saturated heterocycles. The van der Waals surface area contributed by atoms with E-state index in [0.29, 0.717) is 24.2 Å². The van der Waals surface area contributed by atoms with Gasteiger partial charge in [0.1, 0.15) is 23.9 Å². The molecule has 5 atom stereocenters. The van der Waals surface area contributed by atoms with Crippen molar-refractivity contribution in [1.29, 1.82) is 0 Å². The fourth-order valence-corrected chi connectivity index (χ4v) is 4.13. The van der Waals surface area contributed by atoms with Crippen LogP contribution in [0.4, 0.5) is 0 Å². The van der Waals surface area contributed by atoms with E-state index in [4.69, 9.17) is 5.73 Å². The first kappa shape index (κ1) is 32.2. The predicted molar refractivity (Wildman–Crippen MR) is 145 cm³/mol. The first-order valence-corrected chi connectivity index (χ1v) is 13.9. The summed E-state index contributed by atoms with van der Waals surface area (Å²) in [5.74, 6) is -2.31. The standard InChI is InChI=1S/C26H42N4O6S/c1-6-16(4)22(30-23(32)19(27)11-12-37-5)25(34)28-20(14-17-7-9-18(31)10-8-17)24(33)29-21(26(35)36)13-15(2)3/h7-10,15-16,19-22,31H,6,11-14,27H2,1-5H3,(H,28,34)(H,29,33)(H,30,32)(H,35,36). The average Bonchev–Trinajstić information content (AvgIpc) is 2.84. The monoisotopic (exact) mass is 538 g/mol. The lowest BCUT2D eigenvalue weighted by atomic mass is 9.96. The number of phenolic OH excluding ortho intramolecular Hbond substituents is 1. The van der Waals surface area contributed by atoms with Gasteiger partial charge in [-0.1, -0.05) is 46.2 Å². The van der Waals surface area contributed by atoms with Crippen LogP contribution in [0.3, 0.4) is 0 Å². The highest BCUT2D eigenvalue weighted by Crippen LogP contribution is 2.14. The van der Waals surface area contributed by atoms with Crippen LogP contribution in [0, 0.1) is 11.8 Å². The van der Waals surface area contributed by atoms with E-state index in [9.17, 15) is 29.4 Å². The van der Waals surface area contributed by atoms with Gasteiger partial charge in [-0.3, -0.25) is 14.4 Å². The van der Waals surface area contributed by atoms with Crippen molar-refractivity contribution in [1.82, 2.24) is 16.0 Å². The quantitative estimate of drug-likeness (QED) is 0.184. The van der Waals surface area contributed by atoms with Crippen LogP contribution in [0.5, 0.6) is 5.75 Å². The second-order valence-corrected chi connectivity index (χ2v) is 10.7. The van der Waals surface area contributed by atoms with Gasteiger partial charge >= 0.3 is 5.97 Å². The summed E-state index contributed by atoms with van der Waals surface area (Å²) >= 11 is 1.57. The van der Waals surface area contributed by atoms with E-state index in [0.717, 1.165) is 0 Å². The molecule has 0 aliphatic heterocycles. The minimum absolute atomic E-state index is 0.0202. The smallest absolute Gasteiger partial charge is 0.326 e. The molecule has 5 unspecified atom stereocenters. The molecule has 0 aromatic heterocycles. The third kappa shape index (κ3) is 11.4. The zero-order valence-electron chi connectivity index (χ0n) is 22.3. The van der Waals surface area contributed by atoms with E-state index in [-0.39, 0.29) is 30.4 Å². The lowest BCUT2D eigenvalue weighted by Gasteiger charge is -2.28. The van der Waals surface area contributed by atoms with Crippen LogP contribution in [-0.2, 0) is 25.6 Å². The first-order valence-electron chi connectivity index (χ1n) is 12.6. The molecule has 0 bridgehead atoms. The Hall–Kier alpha value is -2.79. The summed E-state index contributed by atoms with van der Waals surface area (Å²) in [7, 11) is 0. The SMILES string of the molecule is CCC(C)C(NC(=O)C(N)CCSC)C(=O)NC(Cc1ccc(O)cc1)C(=O)NC(CC(C)C)C(=O)O. The molecule has 0 spiro atoms. The number of hydrogen-bond acceptors (Lipinski definition) is 7. The summed E-state index contributed by atoms with van der Waals surface area (Å²) in [6.07, 6.45) is 3.24. The maximum absolute atomic E-state index is 13.4. The van der Waals surface area contributed by atoms with Gasteiger partial charge in [0.2, 0.25) is 17.7 Å². The molecule has 0 aliphatic carbocycles. The lowest BCUT2D eigenvalue weighted by Crippen LogP contribution is -2.59. The van der Waals surface area contributed by atoms with E-state index in [1.807, 2.05) is 34.0 Å². The number of amides is 3. The third-order valence-corrected chi connectivity index (χ3v) is 6.74. The van der Waals surface area contributed by atoms with Crippen LogP contribution in [0.25, 0.3) is 0 Å². The van der Waals surface area contributed by atoms with Crippen LogP contribution in [0.2, 0.25) is 0 Å². The summed E-state index contributed by atoms with van der Waals surface area (Å²) in [4.78, 5) is 50.9. The molecule has 0 fully saturated rings. The Balaban J connectivity index is 3.16.